The lowest BCUT2D eigenvalue weighted by atomic mass is 10.1. The lowest BCUT2D eigenvalue weighted by molar-refractivity contribution is -0.152. The SMILES string of the molecule is CCCN(Cc1ccc(OC(C)(C)C(=O)O)cc1)c1nc2ccccc2o1. The van der Waals surface area contributed by atoms with Crippen LogP contribution >= 0.6 is 0 Å². The number of hydrogen-bond acceptors (Lipinski definition) is 5. The molecule has 1 heterocycles. The van der Waals surface area contributed by atoms with Crippen molar-refractivity contribution in [2.45, 2.75) is 39.3 Å². The zero-order valence-electron chi connectivity index (χ0n) is 15.8. The fourth-order valence-electron chi connectivity index (χ4n) is 2.73. The first-order valence-corrected chi connectivity index (χ1v) is 9.01. The van der Waals surface area contributed by atoms with Gasteiger partial charge in [-0.25, -0.2) is 4.79 Å². The van der Waals surface area contributed by atoms with Crippen molar-refractivity contribution >= 4 is 23.1 Å². The average molecular weight is 368 g/mol. The number of carboxylic acid groups (broad SMARTS) is 1. The van der Waals surface area contributed by atoms with Crippen LogP contribution in [0.1, 0.15) is 32.8 Å². The Labute approximate surface area is 158 Å². The number of nitrogens with zero attached hydrogens (tertiary/aromatic N) is 2. The zero-order chi connectivity index (χ0) is 19.4. The molecule has 2 aromatic carbocycles. The minimum Gasteiger partial charge on any atom is -0.478 e. The van der Waals surface area contributed by atoms with Crippen LogP contribution in [-0.2, 0) is 11.3 Å². The van der Waals surface area contributed by atoms with Gasteiger partial charge in [-0.15, -0.1) is 0 Å². The van der Waals surface area contributed by atoms with Gasteiger partial charge in [0.25, 0.3) is 6.01 Å². The Morgan fingerprint density at radius 1 is 1.19 bits per heavy atom. The van der Waals surface area contributed by atoms with E-state index in [1.165, 1.54) is 13.8 Å². The van der Waals surface area contributed by atoms with E-state index in [1.54, 1.807) is 12.1 Å². The first kappa shape index (κ1) is 18.8. The molecule has 0 bridgehead atoms. The molecule has 1 aromatic heterocycles. The average Bonchev–Trinajstić information content (AvgIpc) is 3.06. The molecule has 3 aromatic rings. The van der Waals surface area contributed by atoms with E-state index in [1.807, 2.05) is 36.4 Å². The van der Waals surface area contributed by atoms with Crippen LogP contribution in [0.15, 0.2) is 52.9 Å². The molecule has 27 heavy (non-hydrogen) atoms. The van der Waals surface area contributed by atoms with Crippen LogP contribution in [0.2, 0.25) is 0 Å². The first-order chi connectivity index (χ1) is 12.9. The second-order valence-electron chi connectivity index (χ2n) is 6.95. The maximum absolute atomic E-state index is 11.2. The molecule has 0 amide bonds. The second-order valence-corrected chi connectivity index (χ2v) is 6.95. The number of ether oxygens (including phenoxy) is 1. The van der Waals surface area contributed by atoms with Crippen LogP contribution in [0.5, 0.6) is 5.75 Å². The zero-order valence-corrected chi connectivity index (χ0v) is 15.8. The summed E-state index contributed by atoms with van der Waals surface area (Å²) < 4.78 is 11.4. The molecule has 142 valence electrons. The lowest BCUT2D eigenvalue weighted by Gasteiger charge is -2.22. The van der Waals surface area contributed by atoms with Gasteiger partial charge in [0.2, 0.25) is 0 Å². The van der Waals surface area contributed by atoms with Gasteiger partial charge in [-0.2, -0.15) is 4.98 Å². The molecule has 0 spiro atoms. The molecule has 0 radical (unpaired) electrons. The molecule has 0 fully saturated rings. The second kappa shape index (κ2) is 7.70. The molecule has 1 N–H and O–H groups in total. The Morgan fingerprint density at radius 2 is 1.89 bits per heavy atom. The van der Waals surface area contributed by atoms with E-state index < -0.39 is 11.6 Å². The summed E-state index contributed by atoms with van der Waals surface area (Å²) in [5, 5.41) is 9.17. The number of fused-ring (bicyclic) bond motifs is 1. The Hall–Kier alpha value is -3.02. The number of carbonyl (C=O) groups is 1. The molecule has 3 rings (SSSR count). The predicted molar refractivity (Wildman–Crippen MR) is 104 cm³/mol. The molecular weight excluding hydrogens is 344 g/mol. The number of anilines is 1. The van der Waals surface area contributed by atoms with Gasteiger partial charge in [-0.3, -0.25) is 0 Å². The predicted octanol–water partition coefficient (Wildman–Crippen LogP) is 4.49. The Morgan fingerprint density at radius 3 is 2.52 bits per heavy atom. The van der Waals surface area contributed by atoms with E-state index in [-0.39, 0.29) is 0 Å². The van der Waals surface area contributed by atoms with Crippen molar-refractivity contribution in [1.82, 2.24) is 4.98 Å². The van der Waals surface area contributed by atoms with Gasteiger partial charge in [-0.05, 0) is 50.1 Å². The Balaban J connectivity index is 1.75. The van der Waals surface area contributed by atoms with Crippen molar-refractivity contribution in [1.29, 1.82) is 0 Å². The molecule has 0 saturated heterocycles. The van der Waals surface area contributed by atoms with E-state index in [9.17, 15) is 9.90 Å². The summed E-state index contributed by atoms with van der Waals surface area (Å²) in [7, 11) is 0. The first-order valence-electron chi connectivity index (χ1n) is 9.01. The van der Waals surface area contributed by atoms with Gasteiger partial charge in [0.05, 0.1) is 0 Å². The summed E-state index contributed by atoms with van der Waals surface area (Å²) in [6.07, 6.45) is 0.965. The van der Waals surface area contributed by atoms with Crippen LogP contribution in [0.3, 0.4) is 0 Å². The van der Waals surface area contributed by atoms with E-state index in [4.69, 9.17) is 9.15 Å². The summed E-state index contributed by atoms with van der Waals surface area (Å²) in [4.78, 5) is 17.9. The highest BCUT2D eigenvalue weighted by Crippen LogP contribution is 2.24. The number of hydrogen-bond donors (Lipinski definition) is 1. The van der Waals surface area contributed by atoms with Crippen LogP contribution in [-0.4, -0.2) is 28.2 Å². The summed E-state index contributed by atoms with van der Waals surface area (Å²) in [5.41, 5.74) is 1.40. The molecule has 0 atom stereocenters. The monoisotopic (exact) mass is 368 g/mol. The van der Waals surface area contributed by atoms with Crippen LogP contribution in [0, 0.1) is 0 Å². The molecule has 6 heteroatoms. The van der Waals surface area contributed by atoms with Crippen molar-refractivity contribution in [3.05, 3.63) is 54.1 Å². The van der Waals surface area contributed by atoms with Crippen molar-refractivity contribution in [3.63, 3.8) is 0 Å². The fourth-order valence-corrected chi connectivity index (χ4v) is 2.73. The van der Waals surface area contributed by atoms with Crippen molar-refractivity contribution in [2.24, 2.45) is 0 Å². The Bertz CT molecular complexity index is 882. The summed E-state index contributed by atoms with van der Waals surface area (Å²) in [6.45, 7) is 6.62. The minimum absolute atomic E-state index is 0.523. The van der Waals surface area contributed by atoms with Gasteiger partial charge in [0.1, 0.15) is 11.3 Å². The molecule has 0 aliphatic rings. The van der Waals surface area contributed by atoms with Gasteiger partial charge in [0, 0.05) is 13.1 Å². The van der Waals surface area contributed by atoms with Crippen LogP contribution in [0.25, 0.3) is 11.1 Å². The third kappa shape index (κ3) is 4.39. The standard InChI is InChI=1S/C21H24N2O4/c1-4-13-23(20-22-17-7-5-6-8-18(17)26-20)14-15-9-11-16(12-10-15)27-21(2,3)19(24)25/h5-12H,4,13-14H2,1-3H3,(H,24,25). The van der Waals surface area contributed by atoms with E-state index in [2.05, 4.69) is 16.8 Å². The minimum atomic E-state index is -1.27. The number of oxazole rings is 1. The number of benzene rings is 2. The quantitative estimate of drug-likeness (QED) is 0.631. The van der Waals surface area contributed by atoms with Gasteiger partial charge in [0.15, 0.2) is 11.2 Å². The maximum atomic E-state index is 11.2. The smallest absolute Gasteiger partial charge is 0.347 e. The topological polar surface area (TPSA) is 75.8 Å². The summed E-state index contributed by atoms with van der Waals surface area (Å²) in [6, 6.07) is 15.7. The van der Waals surface area contributed by atoms with Gasteiger partial charge >= 0.3 is 5.97 Å². The van der Waals surface area contributed by atoms with E-state index >= 15 is 0 Å². The summed E-state index contributed by atoms with van der Waals surface area (Å²) in [5.74, 6) is -0.480. The molecular formula is C21H24N2O4. The Kier molecular flexibility index (Phi) is 5.35. The van der Waals surface area contributed by atoms with Crippen molar-refractivity contribution in [2.75, 3.05) is 11.4 Å². The number of aliphatic carboxylic acids is 1. The van der Waals surface area contributed by atoms with E-state index in [0.717, 1.165) is 29.6 Å². The normalized spacial score (nSPS) is 11.5. The van der Waals surface area contributed by atoms with E-state index in [0.29, 0.717) is 18.3 Å². The van der Waals surface area contributed by atoms with Crippen molar-refractivity contribution in [3.8, 4) is 5.75 Å². The third-order valence-corrected chi connectivity index (χ3v) is 4.23. The molecule has 0 aliphatic heterocycles. The number of rotatable bonds is 8. The molecule has 6 nitrogen and oxygen atoms in total. The number of para-hydroxylation sites is 2. The molecule has 0 saturated carbocycles. The number of carboxylic acids is 1. The molecule has 0 aliphatic carbocycles. The summed E-state index contributed by atoms with van der Waals surface area (Å²) >= 11 is 0. The maximum Gasteiger partial charge on any atom is 0.347 e. The highest BCUT2D eigenvalue weighted by Gasteiger charge is 2.29. The van der Waals surface area contributed by atoms with Gasteiger partial charge < -0.3 is 19.2 Å². The van der Waals surface area contributed by atoms with Crippen LogP contribution in [0.4, 0.5) is 6.01 Å². The van der Waals surface area contributed by atoms with Crippen molar-refractivity contribution < 1.29 is 19.1 Å². The lowest BCUT2D eigenvalue weighted by Crippen LogP contribution is -2.37. The van der Waals surface area contributed by atoms with Crippen LogP contribution < -0.4 is 9.64 Å². The third-order valence-electron chi connectivity index (χ3n) is 4.23. The fraction of sp³-hybridized carbons (Fsp3) is 0.333. The highest BCUT2D eigenvalue weighted by molar-refractivity contribution is 5.76. The van der Waals surface area contributed by atoms with Gasteiger partial charge in [-0.1, -0.05) is 31.2 Å². The highest BCUT2D eigenvalue weighted by atomic mass is 16.5. The number of aromatic nitrogens is 1. The molecule has 0 unspecified atom stereocenters. The largest absolute Gasteiger partial charge is 0.478 e.